The topological polar surface area (TPSA) is 73.8 Å². The highest BCUT2D eigenvalue weighted by Crippen LogP contribution is 2.29. The summed E-state index contributed by atoms with van der Waals surface area (Å²) in [7, 11) is -1.58. The van der Waals surface area contributed by atoms with Gasteiger partial charge in [-0.2, -0.15) is 13.2 Å². The van der Waals surface area contributed by atoms with Gasteiger partial charge in [0.05, 0.1) is 11.8 Å². The summed E-state index contributed by atoms with van der Waals surface area (Å²) in [6.07, 6.45) is -1.96. The lowest BCUT2D eigenvalue weighted by molar-refractivity contribution is -0.137. The van der Waals surface area contributed by atoms with Gasteiger partial charge in [0.2, 0.25) is 10.0 Å². The lowest BCUT2D eigenvalue weighted by atomic mass is 10.1. The van der Waals surface area contributed by atoms with E-state index in [0.29, 0.717) is 45.0 Å². The number of rotatable bonds is 9. The first-order valence-electron chi connectivity index (χ1n) is 8.63. The highest BCUT2D eigenvalue weighted by Gasteiger charge is 2.29. The van der Waals surface area contributed by atoms with Crippen molar-refractivity contribution in [3.05, 3.63) is 35.4 Å². The first kappa shape index (κ1) is 26.9. The van der Waals surface area contributed by atoms with Crippen LogP contribution in [0.5, 0.6) is 0 Å². The zero-order valence-electron chi connectivity index (χ0n) is 16.2. The molecule has 0 aromatic heterocycles. The van der Waals surface area contributed by atoms with E-state index in [1.54, 1.807) is 14.0 Å². The number of nitrogens with zero attached hydrogens (tertiary/aromatic N) is 2. The van der Waals surface area contributed by atoms with Crippen molar-refractivity contribution >= 4 is 40.0 Å². The van der Waals surface area contributed by atoms with Crippen LogP contribution in [-0.2, 0) is 22.6 Å². The maximum absolute atomic E-state index is 12.5. The summed E-state index contributed by atoms with van der Waals surface area (Å²) in [5, 5.41) is 6.16. The zero-order chi connectivity index (χ0) is 20.5. The van der Waals surface area contributed by atoms with Gasteiger partial charge in [-0.15, -0.1) is 24.0 Å². The van der Waals surface area contributed by atoms with Gasteiger partial charge in [0, 0.05) is 33.2 Å². The van der Waals surface area contributed by atoms with Gasteiger partial charge in [0.15, 0.2) is 5.96 Å². The number of hydrogen-bond acceptors (Lipinski definition) is 3. The van der Waals surface area contributed by atoms with Gasteiger partial charge >= 0.3 is 6.18 Å². The molecule has 2 N–H and O–H groups in total. The smallest absolute Gasteiger partial charge is 0.356 e. The Morgan fingerprint density at radius 3 is 2.18 bits per heavy atom. The predicted octanol–water partition coefficient (Wildman–Crippen LogP) is 2.70. The number of alkyl halides is 3. The average Bonchev–Trinajstić information content (AvgIpc) is 2.58. The summed E-state index contributed by atoms with van der Waals surface area (Å²) in [5.74, 6) is 0.560. The Balaban J connectivity index is 0.00000729. The number of halogens is 4. The zero-order valence-corrected chi connectivity index (χ0v) is 19.4. The quantitative estimate of drug-likeness (QED) is 0.221. The summed E-state index contributed by atoms with van der Waals surface area (Å²) in [5.41, 5.74) is 0.129. The molecule has 1 aromatic rings. The molecule has 0 aliphatic carbocycles. The summed E-state index contributed by atoms with van der Waals surface area (Å²) >= 11 is 0. The maximum Gasteiger partial charge on any atom is 0.416 e. The fourth-order valence-corrected chi connectivity index (χ4v) is 3.36. The summed E-state index contributed by atoms with van der Waals surface area (Å²) < 4.78 is 62.0. The number of guanidine groups is 1. The standard InChI is InChI=1S/C17H27F3N4O2S.HI/c1-4-24(27(3,25)26)13-5-11-22-16(21-2)23-12-10-14-6-8-15(9-7-14)17(18,19)20;/h6-9H,4-5,10-13H2,1-3H3,(H2,21,22,23);1H. The minimum atomic E-state index is -4.33. The van der Waals surface area contributed by atoms with Crippen LogP contribution in [-0.4, -0.2) is 58.2 Å². The molecule has 0 radical (unpaired) electrons. The van der Waals surface area contributed by atoms with Crippen molar-refractivity contribution in [3.8, 4) is 0 Å². The van der Waals surface area contributed by atoms with Crippen LogP contribution in [0.15, 0.2) is 29.3 Å². The Morgan fingerprint density at radius 1 is 1.14 bits per heavy atom. The molecule has 11 heteroatoms. The highest BCUT2D eigenvalue weighted by atomic mass is 127. The first-order chi connectivity index (χ1) is 12.6. The number of aliphatic imine (C=N–C) groups is 1. The fourth-order valence-electron chi connectivity index (χ4n) is 2.43. The predicted molar refractivity (Wildman–Crippen MR) is 117 cm³/mol. The number of sulfonamides is 1. The molecule has 0 spiro atoms. The van der Waals surface area contributed by atoms with Crippen molar-refractivity contribution in [1.82, 2.24) is 14.9 Å². The molecular weight excluding hydrogens is 508 g/mol. The molecule has 6 nitrogen and oxygen atoms in total. The van der Waals surface area contributed by atoms with Crippen LogP contribution in [0.1, 0.15) is 24.5 Å². The maximum atomic E-state index is 12.5. The van der Waals surface area contributed by atoms with Crippen LogP contribution in [0.2, 0.25) is 0 Å². The summed E-state index contributed by atoms with van der Waals surface area (Å²) in [6.45, 7) is 3.70. The Morgan fingerprint density at radius 2 is 1.71 bits per heavy atom. The van der Waals surface area contributed by atoms with E-state index >= 15 is 0 Å². The van der Waals surface area contributed by atoms with E-state index in [1.807, 2.05) is 0 Å². The van der Waals surface area contributed by atoms with Gasteiger partial charge in [-0.1, -0.05) is 19.1 Å². The van der Waals surface area contributed by atoms with E-state index in [1.165, 1.54) is 22.7 Å². The molecule has 0 heterocycles. The van der Waals surface area contributed by atoms with Crippen LogP contribution in [0.3, 0.4) is 0 Å². The third kappa shape index (κ3) is 9.92. The van der Waals surface area contributed by atoms with Crippen LogP contribution in [0.4, 0.5) is 13.2 Å². The largest absolute Gasteiger partial charge is 0.416 e. The Kier molecular flexibility index (Phi) is 12.0. The molecular formula is C17H28F3IN4O2S. The molecule has 0 atom stereocenters. The Hall–Kier alpha value is -1.08. The van der Waals surface area contributed by atoms with Crippen LogP contribution < -0.4 is 10.6 Å². The van der Waals surface area contributed by atoms with Gasteiger partial charge in [-0.25, -0.2) is 12.7 Å². The molecule has 28 heavy (non-hydrogen) atoms. The molecule has 0 bridgehead atoms. The molecule has 1 rings (SSSR count). The Labute approximate surface area is 182 Å². The second-order valence-corrected chi connectivity index (χ2v) is 7.96. The normalized spacial score (nSPS) is 12.6. The van der Waals surface area contributed by atoms with E-state index < -0.39 is 21.8 Å². The molecule has 0 aliphatic heterocycles. The van der Waals surface area contributed by atoms with E-state index in [9.17, 15) is 21.6 Å². The number of benzene rings is 1. The molecule has 0 saturated heterocycles. The van der Waals surface area contributed by atoms with E-state index in [2.05, 4.69) is 15.6 Å². The van der Waals surface area contributed by atoms with Crippen molar-refractivity contribution in [2.45, 2.75) is 25.9 Å². The number of nitrogens with one attached hydrogen (secondary N) is 2. The van der Waals surface area contributed by atoms with Crippen molar-refractivity contribution < 1.29 is 21.6 Å². The van der Waals surface area contributed by atoms with Gasteiger partial charge in [-0.3, -0.25) is 4.99 Å². The van der Waals surface area contributed by atoms with Crippen LogP contribution in [0, 0.1) is 0 Å². The van der Waals surface area contributed by atoms with Gasteiger partial charge in [0.1, 0.15) is 0 Å². The molecule has 162 valence electrons. The SMILES string of the molecule is CCN(CCCNC(=NC)NCCc1ccc(C(F)(F)F)cc1)S(C)(=O)=O.I. The van der Waals surface area contributed by atoms with Crippen LogP contribution >= 0.6 is 24.0 Å². The van der Waals surface area contributed by atoms with Gasteiger partial charge in [0.25, 0.3) is 0 Å². The minimum absolute atomic E-state index is 0. The highest BCUT2D eigenvalue weighted by molar-refractivity contribution is 14.0. The molecule has 0 aliphatic rings. The third-order valence-electron chi connectivity index (χ3n) is 3.91. The molecule has 0 saturated carbocycles. The second kappa shape index (κ2) is 12.5. The van der Waals surface area contributed by atoms with Crippen molar-refractivity contribution in [1.29, 1.82) is 0 Å². The van der Waals surface area contributed by atoms with Crippen molar-refractivity contribution in [2.75, 3.05) is 39.5 Å². The average molecular weight is 536 g/mol. The van der Waals surface area contributed by atoms with Crippen molar-refractivity contribution in [3.63, 3.8) is 0 Å². The molecule has 0 fully saturated rings. The van der Waals surface area contributed by atoms with Crippen LogP contribution in [0.25, 0.3) is 0 Å². The molecule has 1 aromatic carbocycles. The van der Waals surface area contributed by atoms with Gasteiger partial charge in [-0.05, 0) is 30.5 Å². The second-order valence-electron chi connectivity index (χ2n) is 5.98. The summed E-state index contributed by atoms with van der Waals surface area (Å²) in [6, 6.07) is 5.07. The van der Waals surface area contributed by atoms with Gasteiger partial charge < -0.3 is 10.6 Å². The number of hydrogen-bond donors (Lipinski definition) is 2. The van der Waals surface area contributed by atoms with E-state index in [0.717, 1.165) is 17.7 Å². The lowest BCUT2D eigenvalue weighted by Gasteiger charge is -2.18. The summed E-state index contributed by atoms with van der Waals surface area (Å²) in [4.78, 5) is 4.07. The lowest BCUT2D eigenvalue weighted by Crippen LogP contribution is -2.40. The van der Waals surface area contributed by atoms with E-state index in [4.69, 9.17) is 0 Å². The fraction of sp³-hybridized carbons (Fsp3) is 0.588. The first-order valence-corrected chi connectivity index (χ1v) is 10.5. The monoisotopic (exact) mass is 536 g/mol. The molecule has 0 amide bonds. The Bertz CT molecular complexity index is 710. The minimum Gasteiger partial charge on any atom is -0.356 e. The molecule has 0 unspecified atom stereocenters. The van der Waals surface area contributed by atoms with E-state index in [-0.39, 0.29) is 24.0 Å². The third-order valence-corrected chi connectivity index (χ3v) is 5.29. The van der Waals surface area contributed by atoms with Crippen molar-refractivity contribution in [2.24, 2.45) is 4.99 Å².